The minimum Gasteiger partial charge on any atom is -0.396 e. The molecule has 0 saturated carbocycles. The fraction of sp³-hybridized carbons (Fsp3) is 0.333. The third kappa shape index (κ3) is 1.79. The van der Waals surface area contributed by atoms with Gasteiger partial charge in [0.2, 0.25) is 0 Å². The molecule has 0 bridgehead atoms. The van der Waals surface area contributed by atoms with E-state index in [1.807, 2.05) is 13.8 Å². The SMILES string of the molecule is CC(C)c1c(N)c(F)c(Cl)c(Cl)c1Cl. The maximum Gasteiger partial charge on any atom is 0.166 e. The Bertz CT molecular complexity index is 348. The Balaban J connectivity index is 3.60. The number of benzene rings is 1. The van der Waals surface area contributed by atoms with E-state index in [1.54, 1.807) is 0 Å². The van der Waals surface area contributed by atoms with E-state index in [9.17, 15) is 4.39 Å². The van der Waals surface area contributed by atoms with Crippen molar-refractivity contribution in [3.05, 3.63) is 26.4 Å². The molecule has 1 nitrogen and oxygen atoms in total. The van der Waals surface area contributed by atoms with Crippen molar-refractivity contribution in [1.29, 1.82) is 0 Å². The van der Waals surface area contributed by atoms with Gasteiger partial charge < -0.3 is 5.73 Å². The molecule has 5 heteroatoms. The Hall–Kier alpha value is -0.180. The summed E-state index contributed by atoms with van der Waals surface area (Å²) in [4.78, 5) is 0. The maximum absolute atomic E-state index is 13.4. The molecular weight excluding hydrogens is 247 g/mol. The standard InChI is InChI=1S/C9H9Cl3FN/c1-3(2)4-5(10)6(11)7(12)8(13)9(4)14/h3H,14H2,1-2H3. The van der Waals surface area contributed by atoms with Crippen LogP contribution in [0.15, 0.2) is 0 Å². The summed E-state index contributed by atoms with van der Waals surface area (Å²) in [6.45, 7) is 3.70. The van der Waals surface area contributed by atoms with Gasteiger partial charge in [0.05, 0.1) is 20.8 Å². The minimum atomic E-state index is -0.704. The Morgan fingerprint density at radius 3 is 2.00 bits per heavy atom. The monoisotopic (exact) mass is 255 g/mol. The van der Waals surface area contributed by atoms with Crippen LogP contribution < -0.4 is 5.73 Å². The molecular formula is C9H9Cl3FN. The summed E-state index contributed by atoms with van der Waals surface area (Å²) in [5, 5.41) is 0.0212. The summed E-state index contributed by atoms with van der Waals surface area (Å²) < 4.78 is 13.4. The van der Waals surface area contributed by atoms with Crippen molar-refractivity contribution in [2.45, 2.75) is 19.8 Å². The van der Waals surface area contributed by atoms with E-state index in [0.717, 1.165) is 0 Å². The molecule has 0 amide bonds. The zero-order valence-corrected chi connectivity index (χ0v) is 9.93. The Morgan fingerprint density at radius 1 is 1.07 bits per heavy atom. The molecule has 0 radical (unpaired) electrons. The molecule has 0 aliphatic heterocycles. The van der Waals surface area contributed by atoms with Gasteiger partial charge in [-0.3, -0.25) is 0 Å². The van der Waals surface area contributed by atoms with Gasteiger partial charge in [-0.25, -0.2) is 4.39 Å². The summed E-state index contributed by atoms with van der Waals surface area (Å²) >= 11 is 17.2. The lowest BCUT2D eigenvalue weighted by Gasteiger charge is -2.15. The predicted octanol–water partition coefficient (Wildman–Crippen LogP) is 4.49. The highest BCUT2D eigenvalue weighted by Gasteiger charge is 2.21. The second-order valence-electron chi connectivity index (χ2n) is 3.24. The van der Waals surface area contributed by atoms with Crippen LogP contribution in [0.5, 0.6) is 0 Å². The lowest BCUT2D eigenvalue weighted by Crippen LogP contribution is -2.02. The highest BCUT2D eigenvalue weighted by Crippen LogP contribution is 2.42. The van der Waals surface area contributed by atoms with Gasteiger partial charge in [-0.15, -0.1) is 0 Å². The third-order valence-corrected chi connectivity index (χ3v) is 3.24. The Labute approximate surface area is 96.9 Å². The Kier molecular flexibility index (Phi) is 3.51. The maximum atomic E-state index is 13.4. The molecule has 1 aromatic carbocycles. The number of hydrogen-bond acceptors (Lipinski definition) is 1. The number of nitrogens with two attached hydrogens (primary N) is 1. The molecule has 0 aliphatic rings. The lowest BCUT2D eigenvalue weighted by molar-refractivity contribution is 0.629. The summed E-state index contributed by atoms with van der Waals surface area (Å²) in [7, 11) is 0. The van der Waals surface area contributed by atoms with Crippen molar-refractivity contribution in [2.24, 2.45) is 0 Å². The number of rotatable bonds is 1. The summed E-state index contributed by atoms with van der Waals surface area (Å²) in [5.74, 6) is -0.712. The van der Waals surface area contributed by atoms with E-state index in [2.05, 4.69) is 0 Å². The molecule has 14 heavy (non-hydrogen) atoms. The van der Waals surface area contributed by atoms with Crippen molar-refractivity contribution in [2.75, 3.05) is 5.73 Å². The molecule has 0 unspecified atom stereocenters. The molecule has 0 aliphatic carbocycles. The van der Waals surface area contributed by atoms with Crippen LogP contribution in [-0.4, -0.2) is 0 Å². The number of halogens is 4. The van der Waals surface area contributed by atoms with Gasteiger partial charge in [0.1, 0.15) is 0 Å². The normalized spacial score (nSPS) is 11.1. The van der Waals surface area contributed by atoms with E-state index in [0.29, 0.717) is 5.56 Å². The highest BCUT2D eigenvalue weighted by molar-refractivity contribution is 6.48. The van der Waals surface area contributed by atoms with Crippen molar-refractivity contribution >= 4 is 40.5 Å². The number of nitrogen functional groups attached to an aromatic ring is 1. The molecule has 0 atom stereocenters. The first-order valence-corrected chi connectivity index (χ1v) is 5.12. The number of hydrogen-bond donors (Lipinski definition) is 1. The first-order chi connectivity index (χ1) is 6.37. The van der Waals surface area contributed by atoms with Crippen molar-refractivity contribution in [3.63, 3.8) is 0 Å². The first kappa shape index (κ1) is 11.9. The van der Waals surface area contributed by atoms with Crippen LogP contribution in [0.25, 0.3) is 0 Å². The molecule has 0 aromatic heterocycles. The van der Waals surface area contributed by atoms with Crippen molar-refractivity contribution in [3.8, 4) is 0 Å². The fourth-order valence-electron chi connectivity index (χ4n) is 1.23. The van der Waals surface area contributed by atoms with E-state index in [-0.39, 0.29) is 26.7 Å². The van der Waals surface area contributed by atoms with Gasteiger partial charge in [-0.1, -0.05) is 48.7 Å². The van der Waals surface area contributed by atoms with Gasteiger partial charge in [0, 0.05) is 5.56 Å². The van der Waals surface area contributed by atoms with Crippen LogP contribution in [0.4, 0.5) is 10.1 Å². The average Bonchev–Trinajstić information content (AvgIpc) is 2.11. The van der Waals surface area contributed by atoms with E-state index < -0.39 is 5.82 Å². The molecule has 1 rings (SSSR count). The number of anilines is 1. The topological polar surface area (TPSA) is 26.0 Å². The molecule has 0 saturated heterocycles. The van der Waals surface area contributed by atoms with Crippen LogP contribution in [0, 0.1) is 5.82 Å². The summed E-state index contributed by atoms with van der Waals surface area (Å²) in [6.07, 6.45) is 0. The first-order valence-electron chi connectivity index (χ1n) is 3.99. The molecule has 0 heterocycles. The van der Waals surface area contributed by atoms with Crippen LogP contribution in [-0.2, 0) is 0 Å². The van der Waals surface area contributed by atoms with Crippen LogP contribution in [0.2, 0.25) is 15.1 Å². The van der Waals surface area contributed by atoms with E-state index >= 15 is 0 Å². The second kappa shape index (κ2) is 4.13. The predicted molar refractivity (Wildman–Crippen MR) is 59.9 cm³/mol. The zero-order chi connectivity index (χ0) is 11.0. The largest absolute Gasteiger partial charge is 0.396 e. The van der Waals surface area contributed by atoms with Gasteiger partial charge in [0.15, 0.2) is 5.82 Å². The van der Waals surface area contributed by atoms with Gasteiger partial charge >= 0.3 is 0 Å². The Morgan fingerprint density at radius 2 is 1.57 bits per heavy atom. The van der Waals surface area contributed by atoms with Gasteiger partial charge in [-0.05, 0) is 5.92 Å². The highest BCUT2D eigenvalue weighted by atomic mass is 35.5. The van der Waals surface area contributed by atoms with Gasteiger partial charge in [-0.2, -0.15) is 0 Å². The van der Waals surface area contributed by atoms with Crippen LogP contribution in [0.3, 0.4) is 0 Å². The van der Waals surface area contributed by atoms with Crippen LogP contribution >= 0.6 is 34.8 Å². The molecule has 1 aromatic rings. The van der Waals surface area contributed by atoms with E-state index in [4.69, 9.17) is 40.5 Å². The molecule has 78 valence electrons. The van der Waals surface area contributed by atoms with Crippen molar-refractivity contribution in [1.82, 2.24) is 0 Å². The smallest absolute Gasteiger partial charge is 0.166 e. The third-order valence-electron chi connectivity index (χ3n) is 1.92. The van der Waals surface area contributed by atoms with E-state index in [1.165, 1.54) is 0 Å². The fourth-order valence-corrected chi connectivity index (χ4v) is 2.07. The summed E-state index contributed by atoms with van der Waals surface area (Å²) in [5.41, 5.74) is 6.02. The molecule has 0 spiro atoms. The minimum absolute atomic E-state index is 0.00762. The average molecular weight is 257 g/mol. The molecule has 0 fully saturated rings. The van der Waals surface area contributed by atoms with Crippen LogP contribution in [0.1, 0.15) is 25.3 Å². The van der Waals surface area contributed by atoms with Crippen molar-refractivity contribution < 1.29 is 4.39 Å². The van der Waals surface area contributed by atoms with Gasteiger partial charge in [0.25, 0.3) is 0 Å². The second-order valence-corrected chi connectivity index (χ2v) is 4.37. The zero-order valence-electron chi connectivity index (χ0n) is 7.67. The lowest BCUT2D eigenvalue weighted by atomic mass is 10.0. The quantitative estimate of drug-likeness (QED) is 0.447. The summed E-state index contributed by atoms with van der Waals surface area (Å²) in [6, 6.07) is 0. The molecule has 2 N–H and O–H groups in total.